The number of hydrogen-bond donors (Lipinski definition) is 1. The van der Waals surface area contributed by atoms with Crippen LogP contribution in [0, 0.1) is 0 Å². The zero-order chi connectivity index (χ0) is 26.7. The van der Waals surface area contributed by atoms with Crippen LogP contribution in [0.1, 0.15) is 21.5 Å². The summed E-state index contributed by atoms with van der Waals surface area (Å²) >= 11 is 12.2. The number of rotatable bonds is 8. The van der Waals surface area contributed by atoms with E-state index < -0.39 is 40.3 Å². The number of hydrogen-bond acceptors (Lipinski definition) is 5. The van der Waals surface area contributed by atoms with E-state index in [4.69, 9.17) is 23.2 Å². The predicted octanol–water partition coefficient (Wildman–Crippen LogP) is 3.52. The molecule has 0 saturated carbocycles. The normalized spacial score (nSPS) is 14.7. The minimum absolute atomic E-state index is 0.00142. The van der Waals surface area contributed by atoms with Crippen LogP contribution in [-0.2, 0) is 32.6 Å². The molecule has 3 aromatic rings. The number of fused-ring (bicyclic) bond motifs is 1. The van der Waals surface area contributed by atoms with Crippen LogP contribution in [0.25, 0.3) is 0 Å². The van der Waals surface area contributed by atoms with Crippen molar-refractivity contribution in [3.63, 3.8) is 0 Å². The summed E-state index contributed by atoms with van der Waals surface area (Å²) in [6.45, 7) is -0.838. The second-order valence-electron chi connectivity index (χ2n) is 8.40. The largest absolute Gasteiger partial charge is 0.357 e. The van der Waals surface area contributed by atoms with Gasteiger partial charge in [-0.15, -0.1) is 0 Å². The van der Waals surface area contributed by atoms with Gasteiger partial charge in [0.05, 0.1) is 15.6 Å². The second kappa shape index (κ2) is 10.9. The summed E-state index contributed by atoms with van der Waals surface area (Å²) in [5, 5.41) is 3.17. The van der Waals surface area contributed by atoms with Crippen molar-refractivity contribution in [2.75, 3.05) is 13.6 Å². The van der Waals surface area contributed by atoms with E-state index in [-0.39, 0.29) is 28.4 Å². The van der Waals surface area contributed by atoms with Crippen molar-refractivity contribution in [2.45, 2.75) is 23.9 Å². The van der Waals surface area contributed by atoms with Crippen LogP contribution in [-0.4, -0.2) is 55.0 Å². The van der Waals surface area contributed by atoms with E-state index in [1.54, 1.807) is 24.3 Å². The monoisotopic (exact) mass is 559 g/mol. The molecule has 0 aromatic heterocycles. The van der Waals surface area contributed by atoms with Gasteiger partial charge in [-0.3, -0.25) is 14.4 Å². The molecule has 8 nitrogen and oxygen atoms in total. The van der Waals surface area contributed by atoms with Crippen molar-refractivity contribution in [1.29, 1.82) is 0 Å². The van der Waals surface area contributed by atoms with Gasteiger partial charge in [0.1, 0.15) is 17.5 Å². The third kappa shape index (κ3) is 5.49. The number of likely N-dealkylation sites (N-methyl/N-ethyl adjacent to an activating group) is 1. The SMILES string of the molecule is CNC(=O)[C@@H](Cc1ccccc1)N(Cc1ccc(Cl)c(Cl)c1)C(=O)CN1C(=O)c2ccccc2S1(=O)=O. The van der Waals surface area contributed by atoms with Crippen molar-refractivity contribution in [3.8, 4) is 0 Å². The minimum atomic E-state index is -4.22. The van der Waals surface area contributed by atoms with Gasteiger partial charge in [0, 0.05) is 20.0 Å². The number of carbonyl (C=O) groups is 3. The van der Waals surface area contributed by atoms with Gasteiger partial charge >= 0.3 is 0 Å². The summed E-state index contributed by atoms with van der Waals surface area (Å²) in [6, 6.07) is 18.7. The van der Waals surface area contributed by atoms with E-state index in [1.165, 1.54) is 30.1 Å². The highest BCUT2D eigenvalue weighted by Crippen LogP contribution is 2.30. The van der Waals surface area contributed by atoms with Gasteiger partial charge in [-0.1, -0.05) is 71.7 Å². The first-order valence-corrected chi connectivity index (χ1v) is 13.5. The van der Waals surface area contributed by atoms with E-state index in [0.717, 1.165) is 5.56 Å². The fraction of sp³-hybridized carbons (Fsp3) is 0.192. The standard InChI is InChI=1S/C26H23Cl2N3O5S/c1-29-25(33)22(14-17-7-3-2-4-8-17)30(15-18-11-12-20(27)21(28)13-18)24(32)16-31-26(34)19-9-5-6-10-23(19)37(31,35)36/h2-13,22H,14-16H2,1H3,(H,29,33)/t22-/m1/s1. The maximum absolute atomic E-state index is 13.7. The molecule has 0 spiro atoms. The second-order valence-corrected chi connectivity index (χ2v) is 11.0. The van der Waals surface area contributed by atoms with Crippen molar-refractivity contribution < 1.29 is 22.8 Å². The van der Waals surface area contributed by atoms with Crippen LogP contribution in [0.4, 0.5) is 0 Å². The Morgan fingerprint density at radius 3 is 2.27 bits per heavy atom. The van der Waals surface area contributed by atoms with Gasteiger partial charge < -0.3 is 10.2 Å². The average Bonchev–Trinajstić information content (AvgIpc) is 3.09. The van der Waals surface area contributed by atoms with E-state index >= 15 is 0 Å². The first-order valence-electron chi connectivity index (χ1n) is 11.3. The maximum atomic E-state index is 13.7. The molecule has 3 aromatic carbocycles. The zero-order valence-corrected chi connectivity index (χ0v) is 22.1. The van der Waals surface area contributed by atoms with Crippen molar-refractivity contribution in [2.24, 2.45) is 0 Å². The number of nitrogens with one attached hydrogen (secondary N) is 1. The average molecular weight is 560 g/mol. The number of sulfonamides is 1. The fourth-order valence-corrected chi connectivity index (χ4v) is 6.00. The summed E-state index contributed by atoms with van der Waals surface area (Å²) in [5.41, 5.74) is 1.36. The Morgan fingerprint density at radius 2 is 1.62 bits per heavy atom. The lowest BCUT2D eigenvalue weighted by molar-refractivity contribution is -0.140. The molecule has 1 heterocycles. The molecule has 1 N–H and O–H groups in total. The summed E-state index contributed by atoms with van der Waals surface area (Å²) in [6.07, 6.45) is 0.161. The van der Waals surface area contributed by atoms with Gasteiger partial charge in [0.15, 0.2) is 0 Å². The highest BCUT2D eigenvalue weighted by Gasteiger charge is 2.43. The van der Waals surface area contributed by atoms with Crippen LogP contribution in [0.5, 0.6) is 0 Å². The molecule has 0 aliphatic carbocycles. The number of benzene rings is 3. The molecule has 1 aliphatic rings. The van der Waals surface area contributed by atoms with Crippen molar-refractivity contribution in [3.05, 3.63) is 99.5 Å². The molecular formula is C26H23Cl2N3O5S. The maximum Gasteiger partial charge on any atom is 0.269 e. The quantitative estimate of drug-likeness (QED) is 0.454. The van der Waals surface area contributed by atoms with E-state index in [9.17, 15) is 22.8 Å². The van der Waals surface area contributed by atoms with Gasteiger partial charge in [0.2, 0.25) is 11.8 Å². The molecule has 0 radical (unpaired) electrons. The molecule has 37 heavy (non-hydrogen) atoms. The summed E-state index contributed by atoms with van der Waals surface area (Å²) in [4.78, 5) is 40.8. The van der Waals surface area contributed by atoms with E-state index in [2.05, 4.69) is 5.32 Å². The Labute approximate surface area is 224 Å². The van der Waals surface area contributed by atoms with Gasteiger partial charge in [-0.2, -0.15) is 0 Å². The first-order chi connectivity index (χ1) is 17.6. The highest BCUT2D eigenvalue weighted by atomic mass is 35.5. The molecule has 0 fully saturated rings. The van der Waals surface area contributed by atoms with Crippen LogP contribution >= 0.6 is 23.2 Å². The number of halogens is 2. The van der Waals surface area contributed by atoms with Crippen molar-refractivity contribution in [1.82, 2.24) is 14.5 Å². The van der Waals surface area contributed by atoms with E-state index in [0.29, 0.717) is 14.9 Å². The lowest BCUT2D eigenvalue weighted by Crippen LogP contribution is -2.52. The Morgan fingerprint density at radius 1 is 0.946 bits per heavy atom. The molecule has 0 unspecified atom stereocenters. The third-order valence-electron chi connectivity index (χ3n) is 6.05. The van der Waals surface area contributed by atoms with Gasteiger partial charge in [-0.05, 0) is 35.4 Å². The van der Waals surface area contributed by atoms with Gasteiger partial charge in [-0.25, -0.2) is 12.7 Å². The number of amides is 3. The number of nitrogens with zero attached hydrogens (tertiary/aromatic N) is 2. The van der Waals surface area contributed by atoms with Crippen LogP contribution in [0.3, 0.4) is 0 Å². The van der Waals surface area contributed by atoms with E-state index in [1.807, 2.05) is 30.3 Å². The first kappa shape index (κ1) is 26.7. The van der Waals surface area contributed by atoms with Crippen LogP contribution in [0.15, 0.2) is 77.7 Å². The Hall–Kier alpha value is -3.40. The van der Waals surface area contributed by atoms with Crippen molar-refractivity contribution >= 4 is 50.9 Å². The van der Waals surface area contributed by atoms with Gasteiger partial charge in [0.25, 0.3) is 15.9 Å². The fourth-order valence-electron chi connectivity index (χ4n) is 4.16. The Bertz CT molecular complexity index is 1460. The van der Waals surface area contributed by atoms with Crippen LogP contribution in [0.2, 0.25) is 10.0 Å². The van der Waals surface area contributed by atoms with Crippen LogP contribution < -0.4 is 5.32 Å². The summed E-state index contributed by atoms with van der Waals surface area (Å²) < 4.78 is 26.7. The minimum Gasteiger partial charge on any atom is -0.357 e. The third-order valence-corrected chi connectivity index (χ3v) is 8.57. The lowest BCUT2D eigenvalue weighted by Gasteiger charge is -2.32. The zero-order valence-electron chi connectivity index (χ0n) is 19.7. The smallest absolute Gasteiger partial charge is 0.269 e. The summed E-state index contributed by atoms with van der Waals surface area (Å²) in [5.74, 6) is -1.96. The molecule has 192 valence electrons. The molecular weight excluding hydrogens is 537 g/mol. The molecule has 1 aliphatic heterocycles. The molecule has 0 bridgehead atoms. The molecule has 4 rings (SSSR count). The topological polar surface area (TPSA) is 104 Å². The molecule has 0 saturated heterocycles. The molecule has 11 heteroatoms. The molecule has 3 amide bonds. The predicted molar refractivity (Wildman–Crippen MR) is 140 cm³/mol. The number of carbonyl (C=O) groups excluding carboxylic acids is 3. The summed E-state index contributed by atoms with van der Waals surface area (Å²) in [7, 11) is -2.77. The Kier molecular flexibility index (Phi) is 7.87. The highest BCUT2D eigenvalue weighted by molar-refractivity contribution is 7.90. The molecule has 1 atom stereocenters. The Balaban J connectivity index is 1.71. The lowest BCUT2D eigenvalue weighted by atomic mass is 10.0.